The van der Waals surface area contributed by atoms with E-state index in [1.54, 1.807) is 11.1 Å². The number of nitrogens with zero attached hydrogens (tertiary/aromatic N) is 1. The van der Waals surface area contributed by atoms with Crippen LogP contribution in [0.2, 0.25) is 0 Å². The molecule has 14 heavy (non-hydrogen) atoms. The normalized spacial score (nSPS) is 14.2. The van der Waals surface area contributed by atoms with Crippen LogP contribution in [0, 0.1) is 0 Å². The molecular formula is C9H9ClN2O2. The third-order valence-electron chi connectivity index (χ3n) is 2.32. The van der Waals surface area contributed by atoms with Crippen LogP contribution in [0.4, 0.5) is 0 Å². The van der Waals surface area contributed by atoms with Crippen molar-refractivity contribution < 1.29 is 4.79 Å². The highest BCUT2D eigenvalue weighted by Gasteiger charge is 2.24. The van der Waals surface area contributed by atoms with Gasteiger partial charge in [-0.25, -0.2) is 0 Å². The lowest BCUT2D eigenvalue weighted by Gasteiger charge is -2.12. The Bertz CT molecular complexity index is 427. The molecule has 0 aliphatic carbocycles. The Hall–Kier alpha value is -1.29. The van der Waals surface area contributed by atoms with E-state index in [2.05, 4.69) is 4.98 Å². The number of alkyl halides is 1. The van der Waals surface area contributed by atoms with Crippen molar-refractivity contribution in [2.75, 3.05) is 5.88 Å². The average molecular weight is 213 g/mol. The van der Waals surface area contributed by atoms with Gasteiger partial charge < -0.3 is 9.88 Å². The van der Waals surface area contributed by atoms with Crippen LogP contribution in [0.5, 0.6) is 0 Å². The summed E-state index contributed by atoms with van der Waals surface area (Å²) in [6.07, 6.45) is 1.59. The predicted octanol–water partition coefficient (Wildman–Crippen LogP) is 0.456. The van der Waals surface area contributed by atoms with Crippen LogP contribution < -0.4 is 5.43 Å². The zero-order valence-electron chi connectivity index (χ0n) is 7.42. The first-order valence-electron chi connectivity index (χ1n) is 4.25. The molecule has 1 aliphatic heterocycles. The molecule has 5 heteroatoms. The summed E-state index contributed by atoms with van der Waals surface area (Å²) >= 11 is 5.44. The summed E-state index contributed by atoms with van der Waals surface area (Å²) in [5, 5.41) is 0. The summed E-state index contributed by atoms with van der Waals surface area (Å²) in [5.74, 6) is -0.182. The van der Waals surface area contributed by atoms with Gasteiger partial charge in [0.25, 0.3) is 0 Å². The molecule has 1 amide bonds. The second-order valence-corrected chi connectivity index (χ2v) is 3.45. The molecule has 0 bridgehead atoms. The highest BCUT2D eigenvalue weighted by atomic mass is 35.5. The molecule has 1 N–H and O–H groups in total. The maximum atomic E-state index is 11.4. The van der Waals surface area contributed by atoms with Crippen LogP contribution in [0.25, 0.3) is 0 Å². The second kappa shape index (κ2) is 3.46. The molecule has 0 fully saturated rings. The van der Waals surface area contributed by atoms with Crippen molar-refractivity contribution in [1.29, 1.82) is 0 Å². The molecule has 2 heterocycles. The number of pyridine rings is 1. The number of aromatic nitrogens is 1. The minimum absolute atomic E-state index is 0.0244. The van der Waals surface area contributed by atoms with Crippen LogP contribution in [0.1, 0.15) is 11.3 Å². The lowest BCUT2D eigenvalue weighted by atomic mass is 10.2. The Kier molecular flexibility index (Phi) is 2.29. The van der Waals surface area contributed by atoms with Gasteiger partial charge in [0.1, 0.15) is 5.88 Å². The zero-order chi connectivity index (χ0) is 10.1. The zero-order valence-corrected chi connectivity index (χ0v) is 8.17. The van der Waals surface area contributed by atoms with E-state index < -0.39 is 0 Å². The number of carbonyl (C=O) groups excluding carboxylic acids is 1. The molecule has 2 rings (SSSR count). The van der Waals surface area contributed by atoms with E-state index in [0.29, 0.717) is 18.7 Å². The standard InChI is InChI=1S/C9H9ClN2O2/c10-3-9(14)12-4-6-7(5-12)11-2-1-8(6)13/h1-2H,3-5H2,(H,11,13). The first-order valence-corrected chi connectivity index (χ1v) is 4.79. The van der Waals surface area contributed by atoms with Crippen LogP contribution in [0.15, 0.2) is 17.1 Å². The number of aromatic amines is 1. The Balaban J connectivity index is 2.30. The van der Waals surface area contributed by atoms with E-state index in [4.69, 9.17) is 11.6 Å². The minimum atomic E-state index is -0.143. The number of H-pyrrole nitrogens is 1. The molecule has 1 aliphatic rings. The summed E-state index contributed by atoms with van der Waals surface area (Å²) in [5.41, 5.74) is 1.46. The molecule has 0 unspecified atom stereocenters. The van der Waals surface area contributed by atoms with E-state index >= 15 is 0 Å². The monoisotopic (exact) mass is 212 g/mol. The highest BCUT2D eigenvalue weighted by Crippen LogP contribution is 2.17. The number of hydrogen-bond acceptors (Lipinski definition) is 2. The smallest absolute Gasteiger partial charge is 0.238 e. The van der Waals surface area contributed by atoms with Crippen LogP contribution in [0.3, 0.4) is 0 Å². The number of hydrogen-bond donors (Lipinski definition) is 1. The fraction of sp³-hybridized carbons (Fsp3) is 0.333. The highest BCUT2D eigenvalue weighted by molar-refractivity contribution is 6.27. The van der Waals surface area contributed by atoms with E-state index in [-0.39, 0.29) is 17.2 Å². The first-order chi connectivity index (χ1) is 6.72. The molecule has 0 atom stereocenters. The van der Waals surface area contributed by atoms with E-state index in [9.17, 15) is 9.59 Å². The van der Waals surface area contributed by atoms with Gasteiger partial charge in [-0.05, 0) is 0 Å². The van der Waals surface area contributed by atoms with Gasteiger partial charge in [-0.2, -0.15) is 0 Å². The summed E-state index contributed by atoms with van der Waals surface area (Å²) < 4.78 is 0. The van der Waals surface area contributed by atoms with Crippen molar-refractivity contribution >= 4 is 17.5 Å². The van der Waals surface area contributed by atoms with Gasteiger partial charge in [0.2, 0.25) is 5.91 Å². The van der Waals surface area contributed by atoms with Crippen molar-refractivity contribution in [1.82, 2.24) is 9.88 Å². The number of carbonyl (C=O) groups is 1. The fourth-order valence-electron chi connectivity index (χ4n) is 1.57. The molecule has 74 valence electrons. The first kappa shape index (κ1) is 9.27. The van der Waals surface area contributed by atoms with Crippen molar-refractivity contribution in [3.63, 3.8) is 0 Å². The maximum Gasteiger partial charge on any atom is 0.238 e. The van der Waals surface area contributed by atoms with Crippen LogP contribution >= 0.6 is 11.6 Å². The van der Waals surface area contributed by atoms with Crippen molar-refractivity contribution in [3.8, 4) is 0 Å². The van der Waals surface area contributed by atoms with Gasteiger partial charge in [-0.1, -0.05) is 0 Å². The molecule has 0 aromatic carbocycles. The van der Waals surface area contributed by atoms with Crippen molar-refractivity contribution in [2.24, 2.45) is 0 Å². The number of nitrogens with one attached hydrogen (secondary N) is 1. The third-order valence-corrected chi connectivity index (χ3v) is 2.55. The Morgan fingerprint density at radius 2 is 2.36 bits per heavy atom. The second-order valence-electron chi connectivity index (χ2n) is 3.18. The number of rotatable bonds is 1. The summed E-state index contributed by atoms with van der Waals surface area (Å²) in [7, 11) is 0. The van der Waals surface area contributed by atoms with Crippen LogP contribution in [-0.2, 0) is 17.9 Å². The van der Waals surface area contributed by atoms with E-state index in [0.717, 1.165) is 5.69 Å². The van der Waals surface area contributed by atoms with Gasteiger partial charge >= 0.3 is 0 Å². The summed E-state index contributed by atoms with van der Waals surface area (Å²) in [6.45, 7) is 0.827. The third kappa shape index (κ3) is 1.42. The molecule has 0 radical (unpaired) electrons. The van der Waals surface area contributed by atoms with Gasteiger partial charge in [0, 0.05) is 23.5 Å². The van der Waals surface area contributed by atoms with E-state index in [1.165, 1.54) is 6.07 Å². The number of amides is 1. The average Bonchev–Trinajstić information content (AvgIpc) is 2.62. The summed E-state index contributed by atoms with van der Waals surface area (Å²) in [6, 6.07) is 1.47. The molecule has 4 nitrogen and oxygen atoms in total. The van der Waals surface area contributed by atoms with Crippen molar-refractivity contribution in [3.05, 3.63) is 33.7 Å². The van der Waals surface area contributed by atoms with Gasteiger partial charge in [0.05, 0.1) is 13.1 Å². The molecule has 1 aromatic rings. The lowest BCUT2D eigenvalue weighted by Crippen LogP contribution is -2.26. The Morgan fingerprint density at radius 1 is 1.57 bits per heavy atom. The fourth-order valence-corrected chi connectivity index (χ4v) is 1.74. The lowest BCUT2D eigenvalue weighted by molar-refractivity contribution is -0.129. The Labute approximate surface area is 85.5 Å². The molecule has 0 saturated carbocycles. The van der Waals surface area contributed by atoms with Gasteiger partial charge in [0.15, 0.2) is 5.43 Å². The SMILES string of the molecule is O=C(CCl)N1Cc2[nH]ccc(=O)c2C1. The minimum Gasteiger partial charge on any atom is -0.363 e. The topological polar surface area (TPSA) is 53.2 Å². The quantitative estimate of drug-likeness (QED) is 0.688. The predicted molar refractivity (Wildman–Crippen MR) is 52.0 cm³/mol. The summed E-state index contributed by atoms with van der Waals surface area (Å²) in [4.78, 5) is 27.2. The Morgan fingerprint density at radius 3 is 3.00 bits per heavy atom. The molecule has 0 saturated heterocycles. The van der Waals surface area contributed by atoms with E-state index in [1.807, 2.05) is 0 Å². The maximum absolute atomic E-state index is 11.4. The molecular weight excluding hydrogens is 204 g/mol. The molecule has 0 spiro atoms. The van der Waals surface area contributed by atoms with Gasteiger partial charge in [-0.15, -0.1) is 11.6 Å². The number of halogens is 1. The number of fused-ring (bicyclic) bond motifs is 1. The van der Waals surface area contributed by atoms with Gasteiger partial charge in [-0.3, -0.25) is 9.59 Å². The largest absolute Gasteiger partial charge is 0.363 e. The van der Waals surface area contributed by atoms with Crippen molar-refractivity contribution in [2.45, 2.75) is 13.1 Å². The van der Waals surface area contributed by atoms with Crippen LogP contribution in [-0.4, -0.2) is 21.7 Å². The molecule has 1 aromatic heterocycles.